The van der Waals surface area contributed by atoms with E-state index in [2.05, 4.69) is 51.7 Å². The lowest BCUT2D eigenvalue weighted by Gasteiger charge is -2.32. The predicted molar refractivity (Wildman–Crippen MR) is 71.6 cm³/mol. The van der Waals surface area contributed by atoms with Gasteiger partial charge in [0.05, 0.1) is 0 Å². The Morgan fingerprint density at radius 2 is 2.07 bits per heavy atom. The molecule has 1 nitrogen and oxygen atoms in total. The Morgan fingerprint density at radius 1 is 1.40 bits per heavy atom. The van der Waals surface area contributed by atoms with Crippen LogP contribution in [0.5, 0.6) is 0 Å². The topological polar surface area (TPSA) is 12.0 Å². The first kappa shape index (κ1) is 13.4. The molecule has 15 heavy (non-hydrogen) atoms. The Labute approximate surface area is 99.8 Å². The molecule has 2 atom stereocenters. The number of thioether (sulfide) groups is 1. The summed E-state index contributed by atoms with van der Waals surface area (Å²) in [6, 6.07) is 0.713. The fraction of sp³-hybridized carbons (Fsp3) is 1.00. The molecule has 1 fully saturated rings. The minimum Gasteiger partial charge on any atom is -0.312 e. The van der Waals surface area contributed by atoms with Crippen molar-refractivity contribution in [1.29, 1.82) is 0 Å². The molecule has 0 saturated heterocycles. The highest BCUT2D eigenvalue weighted by Gasteiger charge is 2.41. The minimum atomic E-state index is 0.488. The second-order valence-electron chi connectivity index (χ2n) is 5.68. The van der Waals surface area contributed by atoms with Gasteiger partial charge in [-0.1, -0.05) is 34.6 Å². The smallest absolute Gasteiger partial charge is 0.0237 e. The van der Waals surface area contributed by atoms with Gasteiger partial charge in [-0.05, 0) is 36.5 Å². The van der Waals surface area contributed by atoms with Crippen molar-refractivity contribution in [3.05, 3.63) is 0 Å². The van der Waals surface area contributed by atoms with Gasteiger partial charge in [-0.25, -0.2) is 0 Å². The normalized spacial score (nSPS) is 30.0. The maximum absolute atomic E-state index is 3.76. The van der Waals surface area contributed by atoms with Crippen molar-refractivity contribution in [2.45, 2.75) is 70.4 Å². The van der Waals surface area contributed by atoms with Gasteiger partial charge in [0.15, 0.2) is 0 Å². The van der Waals surface area contributed by atoms with Gasteiger partial charge in [0.1, 0.15) is 0 Å². The highest BCUT2D eigenvalue weighted by atomic mass is 32.2. The second-order valence-corrected chi connectivity index (χ2v) is 7.50. The highest BCUT2D eigenvalue weighted by Crippen LogP contribution is 2.43. The maximum Gasteiger partial charge on any atom is 0.0237 e. The van der Waals surface area contributed by atoms with Gasteiger partial charge in [-0.3, -0.25) is 0 Å². The van der Waals surface area contributed by atoms with Crippen molar-refractivity contribution in [1.82, 2.24) is 5.32 Å². The summed E-state index contributed by atoms with van der Waals surface area (Å²) in [5, 5.41) is 5.34. The van der Waals surface area contributed by atoms with Crippen molar-refractivity contribution < 1.29 is 0 Å². The third-order valence-electron chi connectivity index (χ3n) is 3.35. The van der Waals surface area contributed by atoms with Gasteiger partial charge in [0.25, 0.3) is 0 Å². The number of hydrogen-bond donors (Lipinski definition) is 1. The summed E-state index contributed by atoms with van der Waals surface area (Å²) in [6.07, 6.45) is 4.00. The highest BCUT2D eigenvalue weighted by molar-refractivity contribution is 8.00. The van der Waals surface area contributed by atoms with E-state index in [4.69, 9.17) is 0 Å². The number of nitrogens with one attached hydrogen (secondary N) is 1. The molecule has 1 aliphatic rings. The standard InChI is InChI=1S/C13H27NS/c1-6-9-14-12-11(15-10(2)3)7-8-13(12,4)5/h10-12,14H,6-9H2,1-5H3. The van der Waals surface area contributed by atoms with Crippen LogP contribution >= 0.6 is 11.8 Å². The lowest BCUT2D eigenvalue weighted by molar-refractivity contribution is 0.287. The number of hydrogen-bond acceptors (Lipinski definition) is 2. The van der Waals surface area contributed by atoms with E-state index in [9.17, 15) is 0 Å². The van der Waals surface area contributed by atoms with Gasteiger partial charge in [-0.2, -0.15) is 11.8 Å². The Hall–Kier alpha value is 0.310. The molecule has 1 saturated carbocycles. The molecule has 0 heterocycles. The molecule has 90 valence electrons. The summed E-state index contributed by atoms with van der Waals surface area (Å²) >= 11 is 2.16. The average molecular weight is 229 g/mol. The van der Waals surface area contributed by atoms with Gasteiger partial charge >= 0.3 is 0 Å². The summed E-state index contributed by atoms with van der Waals surface area (Å²) < 4.78 is 0. The zero-order chi connectivity index (χ0) is 11.5. The minimum absolute atomic E-state index is 0.488. The van der Waals surface area contributed by atoms with Crippen molar-refractivity contribution in [2.75, 3.05) is 6.54 Å². The molecule has 0 amide bonds. The molecule has 0 spiro atoms. The van der Waals surface area contributed by atoms with Crippen LogP contribution in [-0.4, -0.2) is 23.1 Å². The molecule has 0 aromatic carbocycles. The molecule has 1 aliphatic carbocycles. The Morgan fingerprint density at radius 3 is 2.60 bits per heavy atom. The summed E-state index contributed by atoms with van der Waals surface area (Å²) in [7, 11) is 0. The number of rotatable bonds is 5. The predicted octanol–water partition coefficient (Wildman–Crippen LogP) is 3.68. The quantitative estimate of drug-likeness (QED) is 0.772. The average Bonchev–Trinajstić information content (AvgIpc) is 2.38. The van der Waals surface area contributed by atoms with Crippen molar-refractivity contribution >= 4 is 11.8 Å². The summed E-state index contributed by atoms with van der Waals surface area (Å²) in [4.78, 5) is 0. The van der Waals surface area contributed by atoms with Crippen molar-refractivity contribution in [3.63, 3.8) is 0 Å². The first-order chi connectivity index (χ1) is 6.97. The molecule has 0 aromatic heterocycles. The molecule has 0 aliphatic heterocycles. The molecule has 1 N–H and O–H groups in total. The van der Waals surface area contributed by atoms with E-state index in [0.717, 1.165) is 10.5 Å². The zero-order valence-corrected chi connectivity index (χ0v) is 11.8. The van der Waals surface area contributed by atoms with E-state index in [-0.39, 0.29) is 0 Å². The van der Waals surface area contributed by atoms with Crippen LogP contribution in [0, 0.1) is 5.41 Å². The fourth-order valence-corrected chi connectivity index (χ4v) is 4.12. The third-order valence-corrected chi connectivity index (χ3v) is 4.75. The Balaban J connectivity index is 2.55. The van der Waals surface area contributed by atoms with Crippen LogP contribution in [0.1, 0.15) is 53.9 Å². The summed E-state index contributed by atoms with van der Waals surface area (Å²) in [5.41, 5.74) is 0.488. The third kappa shape index (κ3) is 3.67. The Kier molecular flexibility index (Phi) is 4.98. The lowest BCUT2D eigenvalue weighted by Crippen LogP contribution is -2.44. The van der Waals surface area contributed by atoms with Crippen LogP contribution < -0.4 is 5.32 Å². The SMILES string of the molecule is CCCNC1C(SC(C)C)CCC1(C)C. The van der Waals surface area contributed by atoms with Gasteiger partial charge in [0, 0.05) is 11.3 Å². The van der Waals surface area contributed by atoms with E-state index in [1.54, 1.807) is 0 Å². The van der Waals surface area contributed by atoms with Crippen LogP contribution in [0.15, 0.2) is 0 Å². The molecule has 2 unspecified atom stereocenters. The molecule has 0 aromatic rings. The van der Waals surface area contributed by atoms with Crippen molar-refractivity contribution in [3.8, 4) is 0 Å². The first-order valence-electron chi connectivity index (χ1n) is 6.36. The second kappa shape index (κ2) is 5.58. The van der Waals surface area contributed by atoms with E-state index in [1.165, 1.54) is 25.8 Å². The maximum atomic E-state index is 3.76. The summed E-state index contributed by atoms with van der Waals surface area (Å²) in [6.45, 7) is 12.9. The fourth-order valence-electron chi connectivity index (χ4n) is 2.54. The molecule has 0 radical (unpaired) electrons. The van der Waals surface area contributed by atoms with Crippen LogP contribution in [0.2, 0.25) is 0 Å². The van der Waals surface area contributed by atoms with Crippen LogP contribution in [-0.2, 0) is 0 Å². The van der Waals surface area contributed by atoms with Gasteiger partial charge in [-0.15, -0.1) is 0 Å². The van der Waals surface area contributed by atoms with Crippen LogP contribution in [0.3, 0.4) is 0 Å². The largest absolute Gasteiger partial charge is 0.312 e. The monoisotopic (exact) mass is 229 g/mol. The van der Waals surface area contributed by atoms with E-state index >= 15 is 0 Å². The molecule has 0 bridgehead atoms. The molecule has 1 rings (SSSR count). The van der Waals surface area contributed by atoms with E-state index in [1.807, 2.05) is 0 Å². The van der Waals surface area contributed by atoms with Gasteiger partial charge in [0.2, 0.25) is 0 Å². The van der Waals surface area contributed by atoms with Gasteiger partial charge < -0.3 is 5.32 Å². The molecule has 2 heteroatoms. The molecular formula is C13H27NS. The van der Waals surface area contributed by atoms with E-state index in [0.29, 0.717) is 11.5 Å². The lowest BCUT2D eigenvalue weighted by atomic mass is 9.87. The molecular weight excluding hydrogens is 202 g/mol. The Bertz CT molecular complexity index is 189. The zero-order valence-electron chi connectivity index (χ0n) is 11.0. The first-order valence-corrected chi connectivity index (χ1v) is 7.30. The van der Waals surface area contributed by atoms with E-state index < -0.39 is 0 Å². The van der Waals surface area contributed by atoms with Crippen LogP contribution in [0.4, 0.5) is 0 Å². The summed E-state index contributed by atoms with van der Waals surface area (Å²) in [5.74, 6) is 0. The van der Waals surface area contributed by atoms with Crippen molar-refractivity contribution in [2.24, 2.45) is 5.41 Å². The van der Waals surface area contributed by atoms with Crippen LogP contribution in [0.25, 0.3) is 0 Å².